The van der Waals surface area contributed by atoms with Crippen molar-refractivity contribution in [1.82, 2.24) is 4.90 Å². The molecule has 5 rings (SSSR count). The largest absolute Gasteiger partial charge is 0.508 e. The van der Waals surface area contributed by atoms with Crippen LogP contribution >= 0.6 is 0 Å². The maximum Gasteiger partial charge on any atom is 0.416 e. The van der Waals surface area contributed by atoms with Gasteiger partial charge < -0.3 is 14.6 Å². The van der Waals surface area contributed by atoms with E-state index in [0.29, 0.717) is 19.0 Å². The number of benzene rings is 3. The van der Waals surface area contributed by atoms with Crippen molar-refractivity contribution in [1.29, 1.82) is 0 Å². The highest BCUT2D eigenvalue weighted by atomic mass is 19.4. The van der Waals surface area contributed by atoms with Crippen LogP contribution in [0.15, 0.2) is 66.7 Å². The fraction of sp³-hybridized carbons (Fsp3) is 0.357. The molecule has 7 heteroatoms. The van der Waals surface area contributed by atoms with Crippen LogP contribution in [0.3, 0.4) is 0 Å². The SMILES string of the molecule is Oc1ccc2c(c1)OCC(c1ccc(C(F)(F)F)cc1)C2c1ccc(OCCN2CCCC2)cc1. The minimum absolute atomic E-state index is 0.109. The third-order valence-corrected chi connectivity index (χ3v) is 6.93. The van der Waals surface area contributed by atoms with Gasteiger partial charge in [-0.3, -0.25) is 4.90 Å². The first-order chi connectivity index (χ1) is 16.9. The van der Waals surface area contributed by atoms with E-state index in [0.717, 1.165) is 54.2 Å². The van der Waals surface area contributed by atoms with Crippen LogP contribution in [0.2, 0.25) is 0 Å². The summed E-state index contributed by atoms with van der Waals surface area (Å²) in [7, 11) is 0. The number of aromatic hydroxyl groups is 1. The van der Waals surface area contributed by atoms with Crippen LogP contribution in [0.4, 0.5) is 13.2 Å². The van der Waals surface area contributed by atoms with Gasteiger partial charge in [0.2, 0.25) is 0 Å². The van der Waals surface area contributed by atoms with E-state index < -0.39 is 11.7 Å². The molecule has 1 fully saturated rings. The van der Waals surface area contributed by atoms with E-state index in [1.54, 1.807) is 12.1 Å². The molecule has 3 aromatic carbocycles. The molecule has 2 atom stereocenters. The molecule has 35 heavy (non-hydrogen) atoms. The van der Waals surface area contributed by atoms with Crippen LogP contribution in [0, 0.1) is 0 Å². The van der Waals surface area contributed by atoms with E-state index in [1.165, 1.54) is 25.0 Å². The third kappa shape index (κ3) is 5.25. The van der Waals surface area contributed by atoms with Crippen LogP contribution in [-0.2, 0) is 6.18 Å². The van der Waals surface area contributed by atoms with Gasteiger partial charge in [-0.05, 0) is 67.4 Å². The number of hydrogen-bond donors (Lipinski definition) is 1. The van der Waals surface area contributed by atoms with Crippen molar-refractivity contribution in [2.24, 2.45) is 0 Å². The molecular formula is C28H28F3NO3. The fourth-order valence-corrected chi connectivity index (χ4v) is 5.09. The van der Waals surface area contributed by atoms with E-state index in [1.807, 2.05) is 30.3 Å². The Morgan fingerprint density at radius 3 is 2.29 bits per heavy atom. The normalized spacial score (nSPS) is 20.3. The van der Waals surface area contributed by atoms with Gasteiger partial charge in [0.15, 0.2) is 0 Å². The summed E-state index contributed by atoms with van der Waals surface area (Å²) in [6, 6.07) is 18.2. The highest BCUT2D eigenvalue weighted by Gasteiger charge is 2.35. The number of fused-ring (bicyclic) bond motifs is 1. The van der Waals surface area contributed by atoms with Gasteiger partial charge in [-0.1, -0.05) is 30.3 Å². The number of hydrogen-bond acceptors (Lipinski definition) is 4. The molecule has 2 heterocycles. The van der Waals surface area contributed by atoms with Crippen molar-refractivity contribution >= 4 is 0 Å². The zero-order valence-corrected chi connectivity index (χ0v) is 19.3. The Kier molecular flexibility index (Phi) is 6.60. The molecular weight excluding hydrogens is 455 g/mol. The van der Waals surface area contributed by atoms with Crippen molar-refractivity contribution in [3.63, 3.8) is 0 Å². The van der Waals surface area contributed by atoms with Crippen molar-refractivity contribution in [2.75, 3.05) is 32.8 Å². The van der Waals surface area contributed by atoms with Gasteiger partial charge in [-0.25, -0.2) is 0 Å². The number of alkyl halides is 3. The van der Waals surface area contributed by atoms with Gasteiger partial charge in [0.05, 0.1) is 12.2 Å². The van der Waals surface area contributed by atoms with Crippen molar-refractivity contribution in [3.05, 3.63) is 89.0 Å². The molecule has 0 aromatic heterocycles. The maximum absolute atomic E-state index is 13.1. The Bertz CT molecular complexity index is 1140. The topological polar surface area (TPSA) is 41.9 Å². The molecule has 1 N–H and O–H groups in total. The van der Waals surface area contributed by atoms with Gasteiger partial charge in [-0.2, -0.15) is 13.2 Å². The summed E-state index contributed by atoms with van der Waals surface area (Å²) in [6.45, 7) is 4.10. The van der Waals surface area contributed by atoms with E-state index >= 15 is 0 Å². The summed E-state index contributed by atoms with van der Waals surface area (Å²) in [5.41, 5.74) is 2.00. The lowest BCUT2D eigenvalue weighted by molar-refractivity contribution is -0.137. The van der Waals surface area contributed by atoms with Crippen LogP contribution in [0.25, 0.3) is 0 Å². The molecule has 184 valence electrons. The highest BCUT2D eigenvalue weighted by Crippen LogP contribution is 2.47. The number of phenolic OH excluding ortho intramolecular Hbond substituents is 1. The van der Waals surface area contributed by atoms with E-state index in [9.17, 15) is 18.3 Å². The second-order valence-corrected chi connectivity index (χ2v) is 9.20. The highest BCUT2D eigenvalue weighted by molar-refractivity contribution is 5.51. The third-order valence-electron chi connectivity index (χ3n) is 6.93. The summed E-state index contributed by atoms with van der Waals surface area (Å²) in [6.07, 6.45) is -1.88. The minimum atomic E-state index is -4.38. The summed E-state index contributed by atoms with van der Waals surface area (Å²) in [5, 5.41) is 9.93. The number of rotatable bonds is 6. The van der Waals surface area contributed by atoms with Crippen molar-refractivity contribution in [2.45, 2.75) is 30.9 Å². The summed E-state index contributed by atoms with van der Waals surface area (Å²) >= 11 is 0. The molecule has 2 aliphatic heterocycles. The minimum Gasteiger partial charge on any atom is -0.508 e. The lowest BCUT2D eigenvalue weighted by Gasteiger charge is -2.34. The zero-order valence-electron chi connectivity index (χ0n) is 19.3. The number of ether oxygens (including phenoxy) is 2. The molecule has 1 saturated heterocycles. The van der Waals surface area contributed by atoms with E-state index in [2.05, 4.69) is 4.90 Å². The molecule has 0 radical (unpaired) electrons. The second-order valence-electron chi connectivity index (χ2n) is 9.20. The van der Waals surface area contributed by atoms with Gasteiger partial charge in [0.25, 0.3) is 0 Å². The number of likely N-dealkylation sites (tertiary alicyclic amines) is 1. The lowest BCUT2D eigenvalue weighted by atomic mass is 9.75. The molecule has 0 bridgehead atoms. The predicted octanol–water partition coefficient (Wildman–Crippen LogP) is 6.19. The molecule has 0 aliphatic carbocycles. The quantitative estimate of drug-likeness (QED) is 0.454. The Labute approximate surface area is 202 Å². The number of nitrogens with zero attached hydrogens (tertiary/aromatic N) is 1. The summed E-state index contributed by atoms with van der Waals surface area (Å²) in [5.74, 6) is 1.16. The molecule has 4 nitrogen and oxygen atoms in total. The average molecular weight is 484 g/mol. The summed E-state index contributed by atoms with van der Waals surface area (Å²) in [4.78, 5) is 2.40. The Hall–Kier alpha value is -3.19. The maximum atomic E-state index is 13.1. The number of halogens is 3. The monoisotopic (exact) mass is 483 g/mol. The molecule has 2 unspecified atom stereocenters. The van der Waals surface area contributed by atoms with Crippen molar-refractivity contribution in [3.8, 4) is 17.2 Å². The van der Waals surface area contributed by atoms with Crippen LogP contribution in [-0.4, -0.2) is 42.9 Å². The Balaban J connectivity index is 1.40. The molecule has 3 aromatic rings. The average Bonchev–Trinajstić information content (AvgIpc) is 3.37. The van der Waals surface area contributed by atoms with Crippen LogP contribution < -0.4 is 9.47 Å². The van der Waals surface area contributed by atoms with Crippen LogP contribution in [0.1, 0.15) is 46.9 Å². The van der Waals surface area contributed by atoms with Gasteiger partial charge in [0, 0.05) is 30.0 Å². The summed E-state index contributed by atoms with van der Waals surface area (Å²) < 4.78 is 51.1. The smallest absolute Gasteiger partial charge is 0.416 e. The molecule has 0 saturated carbocycles. The second kappa shape index (κ2) is 9.82. The zero-order chi connectivity index (χ0) is 24.4. The van der Waals surface area contributed by atoms with E-state index in [4.69, 9.17) is 9.47 Å². The lowest BCUT2D eigenvalue weighted by Crippen LogP contribution is -2.25. The molecule has 0 amide bonds. The molecule has 0 spiro atoms. The molecule has 2 aliphatic rings. The predicted molar refractivity (Wildman–Crippen MR) is 127 cm³/mol. The first kappa shape index (κ1) is 23.5. The van der Waals surface area contributed by atoms with Gasteiger partial charge in [0.1, 0.15) is 23.9 Å². The Morgan fingerprint density at radius 1 is 0.914 bits per heavy atom. The Morgan fingerprint density at radius 2 is 1.60 bits per heavy atom. The van der Waals surface area contributed by atoms with Crippen LogP contribution in [0.5, 0.6) is 17.2 Å². The number of phenols is 1. The van der Waals surface area contributed by atoms with Crippen molar-refractivity contribution < 1.29 is 27.8 Å². The van der Waals surface area contributed by atoms with E-state index in [-0.39, 0.29) is 17.6 Å². The fourth-order valence-electron chi connectivity index (χ4n) is 5.09. The first-order valence-electron chi connectivity index (χ1n) is 12.0. The van der Waals surface area contributed by atoms with Gasteiger partial charge >= 0.3 is 6.18 Å². The standard InChI is InChI=1S/C28H28F3NO3/c29-28(30,31)21-7-3-19(4-8-21)25-18-35-26-17-22(33)9-12-24(26)27(25)20-5-10-23(11-6-20)34-16-15-32-13-1-2-14-32/h3-12,17,25,27,33H,1-2,13-16,18H2. The first-order valence-corrected chi connectivity index (χ1v) is 12.0. The van der Waals surface area contributed by atoms with Gasteiger partial charge in [-0.15, -0.1) is 0 Å².